The van der Waals surface area contributed by atoms with Crippen LogP contribution in [0, 0.1) is 0 Å². The highest BCUT2D eigenvalue weighted by molar-refractivity contribution is 7.92. The zero-order valence-corrected chi connectivity index (χ0v) is 10.8. The fraction of sp³-hybridized carbons (Fsp3) is 0.800. The quantitative estimate of drug-likeness (QED) is 0.579. The minimum absolute atomic E-state index is 0.0441. The molecule has 0 aromatic rings. The van der Waals surface area contributed by atoms with Crippen molar-refractivity contribution in [2.24, 2.45) is 0 Å². The summed E-state index contributed by atoms with van der Waals surface area (Å²) in [4.78, 5) is 21.4. The van der Waals surface area contributed by atoms with E-state index in [9.17, 15) is 18.0 Å². The highest BCUT2D eigenvalue weighted by atomic mass is 32.2. The summed E-state index contributed by atoms with van der Waals surface area (Å²) in [5, 5.41) is 10.9. The summed E-state index contributed by atoms with van der Waals surface area (Å²) < 4.78 is 22.9. The van der Waals surface area contributed by atoms with Crippen LogP contribution in [0.4, 0.5) is 0 Å². The molecular formula is C10H19NO5S. The molecule has 0 aliphatic heterocycles. The molecule has 0 saturated heterocycles. The zero-order valence-electron chi connectivity index (χ0n) is 9.94. The molecular weight excluding hydrogens is 246 g/mol. The Kier molecular flexibility index (Phi) is 7.53. The first kappa shape index (κ1) is 15.9. The number of hydrogen-bond acceptors (Lipinski definition) is 4. The number of carbonyl (C=O) groups excluding carboxylic acids is 1. The van der Waals surface area contributed by atoms with E-state index in [1.165, 1.54) is 0 Å². The molecule has 0 rings (SSSR count). The summed E-state index contributed by atoms with van der Waals surface area (Å²) in [5.41, 5.74) is 0. The van der Waals surface area contributed by atoms with Gasteiger partial charge in [0.1, 0.15) is 5.75 Å². The molecule has 0 fully saturated rings. The molecule has 0 aromatic heterocycles. The van der Waals surface area contributed by atoms with Crippen molar-refractivity contribution >= 4 is 21.7 Å². The van der Waals surface area contributed by atoms with Crippen LogP contribution in [0.2, 0.25) is 0 Å². The van der Waals surface area contributed by atoms with Gasteiger partial charge in [-0.3, -0.25) is 9.59 Å². The molecule has 0 radical (unpaired) electrons. The Hall–Kier alpha value is -1.11. The molecule has 0 bridgehead atoms. The van der Waals surface area contributed by atoms with Crippen molar-refractivity contribution in [3.05, 3.63) is 0 Å². The highest BCUT2D eigenvalue weighted by Gasteiger charge is 2.15. The first-order chi connectivity index (χ1) is 7.87. The summed E-state index contributed by atoms with van der Waals surface area (Å²) in [6.07, 6.45) is 1.29. The van der Waals surface area contributed by atoms with Gasteiger partial charge in [-0.2, -0.15) is 0 Å². The van der Waals surface area contributed by atoms with Crippen LogP contribution >= 0.6 is 0 Å². The Balaban J connectivity index is 3.87. The fourth-order valence-corrected chi connectivity index (χ4v) is 2.48. The lowest BCUT2D eigenvalue weighted by Gasteiger charge is -2.04. The second-order valence-electron chi connectivity index (χ2n) is 3.79. The average molecular weight is 265 g/mol. The molecule has 0 spiro atoms. The predicted octanol–water partition coefficient (Wildman–Crippen LogP) is 0.182. The van der Waals surface area contributed by atoms with E-state index in [1.54, 1.807) is 0 Å². The van der Waals surface area contributed by atoms with Crippen LogP contribution in [0.1, 0.15) is 32.6 Å². The Bertz CT molecular complexity index is 350. The maximum Gasteiger partial charge on any atom is 0.303 e. The molecule has 0 unspecified atom stereocenters. The minimum Gasteiger partial charge on any atom is -0.481 e. The van der Waals surface area contributed by atoms with Crippen LogP contribution in [-0.4, -0.2) is 43.5 Å². The van der Waals surface area contributed by atoms with Gasteiger partial charge in [0.2, 0.25) is 5.91 Å². The standard InChI is InChI=1S/C10H19NO5S/c1-2-6-11-9(12)8-17(15,16)7-4-3-5-10(13)14/h2-8H2,1H3,(H,11,12)(H,13,14). The third-order valence-corrected chi connectivity index (χ3v) is 3.63. The van der Waals surface area contributed by atoms with Crippen molar-refractivity contribution in [1.82, 2.24) is 5.32 Å². The first-order valence-electron chi connectivity index (χ1n) is 5.56. The molecule has 0 atom stereocenters. The number of carboxylic acids is 1. The molecule has 7 heteroatoms. The number of amides is 1. The molecule has 0 aromatic carbocycles. The van der Waals surface area contributed by atoms with Gasteiger partial charge in [-0.15, -0.1) is 0 Å². The van der Waals surface area contributed by atoms with Crippen LogP contribution in [0.25, 0.3) is 0 Å². The summed E-state index contributed by atoms with van der Waals surface area (Å²) in [6, 6.07) is 0. The van der Waals surface area contributed by atoms with Gasteiger partial charge >= 0.3 is 5.97 Å². The molecule has 0 aliphatic carbocycles. The second kappa shape index (κ2) is 8.05. The van der Waals surface area contributed by atoms with Gasteiger partial charge in [0.15, 0.2) is 9.84 Å². The number of rotatable bonds is 9. The van der Waals surface area contributed by atoms with Crippen molar-refractivity contribution in [2.45, 2.75) is 32.6 Å². The summed E-state index contributed by atoms with van der Waals surface area (Å²) in [7, 11) is -3.41. The number of nitrogens with one attached hydrogen (secondary N) is 1. The zero-order chi connectivity index (χ0) is 13.3. The monoisotopic (exact) mass is 265 g/mol. The van der Waals surface area contributed by atoms with Crippen molar-refractivity contribution < 1.29 is 23.1 Å². The van der Waals surface area contributed by atoms with Crippen LogP contribution in [0.15, 0.2) is 0 Å². The Labute approximate surface area is 101 Å². The molecule has 2 N–H and O–H groups in total. The number of hydrogen-bond donors (Lipinski definition) is 2. The molecule has 17 heavy (non-hydrogen) atoms. The first-order valence-corrected chi connectivity index (χ1v) is 7.38. The Morgan fingerprint density at radius 1 is 1.24 bits per heavy atom. The van der Waals surface area contributed by atoms with E-state index in [2.05, 4.69) is 5.32 Å². The number of sulfone groups is 1. The van der Waals surface area contributed by atoms with E-state index in [0.29, 0.717) is 13.0 Å². The number of carboxylic acid groups (broad SMARTS) is 1. The molecule has 0 saturated carbocycles. The van der Waals surface area contributed by atoms with E-state index in [4.69, 9.17) is 5.11 Å². The van der Waals surface area contributed by atoms with E-state index in [-0.39, 0.29) is 18.6 Å². The Morgan fingerprint density at radius 3 is 2.41 bits per heavy atom. The van der Waals surface area contributed by atoms with Gasteiger partial charge in [-0.05, 0) is 19.3 Å². The van der Waals surface area contributed by atoms with Crippen molar-refractivity contribution in [1.29, 1.82) is 0 Å². The SMILES string of the molecule is CCCNC(=O)CS(=O)(=O)CCCCC(=O)O. The number of carbonyl (C=O) groups is 2. The van der Waals surface area contributed by atoms with Crippen molar-refractivity contribution in [2.75, 3.05) is 18.1 Å². The molecule has 0 heterocycles. The number of unbranched alkanes of at least 4 members (excludes halogenated alkanes) is 1. The van der Waals surface area contributed by atoms with Crippen molar-refractivity contribution in [3.8, 4) is 0 Å². The molecule has 6 nitrogen and oxygen atoms in total. The average Bonchev–Trinajstić information content (AvgIpc) is 2.20. The van der Waals surface area contributed by atoms with Gasteiger partial charge in [0.25, 0.3) is 0 Å². The molecule has 0 aliphatic rings. The van der Waals surface area contributed by atoms with E-state index in [1.807, 2.05) is 6.92 Å². The minimum atomic E-state index is -3.41. The van der Waals surface area contributed by atoms with E-state index in [0.717, 1.165) is 6.42 Å². The van der Waals surface area contributed by atoms with Crippen LogP contribution < -0.4 is 5.32 Å². The predicted molar refractivity (Wildman–Crippen MR) is 63.4 cm³/mol. The molecule has 1 amide bonds. The molecule has 100 valence electrons. The fourth-order valence-electron chi connectivity index (χ4n) is 1.19. The smallest absolute Gasteiger partial charge is 0.303 e. The summed E-state index contributed by atoms with van der Waals surface area (Å²) >= 11 is 0. The van der Waals surface area contributed by atoms with Crippen molar-refractivity contribution in [3.63, 3.8) is 0 Å². The van der Waals surface area contributed by atoms with Gasteiger partial charge in [-0.1, -0.05) is 6.92 Å². The Morgan fingerprint density at radius 2 is 1.88 bits per heavy atom. The van der Waals surface area contributed by atoms with Gasteiger partial charge in [0, 0.05) is 13.0 Å². The lowest BCUT2D eigenvalue weighted by Crippen LogP contribution is -2.31. The summed E-state index contributed by atoms with van der Waals surface area (Å²) in [6.45, 7) is 2.34. The van der Waals surface area contributed by atoms with Gasteiger partial charge < -0.3 is 10.4 Å². The maximum absolute atomic E-state index is 11.4. The maximum atomic E-state index is 11.4. The third kappa shape index (κ3) is 9.80. The lowest BCUT2D eigenvalue weighted by molar-refractivity contribution is -0.137. The normalized spacial score (nSPS) is 11.1. The largest absolute Gasteiger partial charge is 0.481 e. The van der Waals surface area contributed by atoms with Crippen LogP contribution in [0.5, 0.6) is 0 Å². The van der Waals surface area contributed by atoms with E-state index < -0.39 is 27.5 Å². The lowest BCUT2D eigenvalue weighted by atomic mass is 10.3. The van der Waals surface area contributed by atoms with Crippen LogP contribution in [-0.2, 0) is 19.4 Å². The number of aliphatic carboxylic acids is 1. The highest BCUT2D eigenvalue weighted by Crippen LogP contribution is 2.01. The van der Waals surface area contributed by atoms with Gasteiger partial charge in [-0.25, -0.2) is 8.42 Å². The van der Waals surface area contributed by atoms with Crippen LogP contribution in [0.3, 0.4) is 0 Å². The third-order valence-electron chi connectivity index (χ3n) is 2.02. The van der Waals surface area contributed by atoms with E-state index >= 15 is 0 Å². The van der Waals surface area contributed by atoms with Gasteiger partial charge in [0.05, 0.1) is 5.75 Å². The second-order valence-corrected chi connectivity index (χ2v) is 5.98. The summed E-state index contributed by atoms with van der Waals surface area (Å²) in [5.74, 6) is -2.09. The topological polar surface area (TPSA) is 101 Å².